The van der Waals surface area contributed by atoms with E-state index in [2.05, 4.69) is 15.9 Å². The van der Waals surface area contributed by atoms with E-state index in [4.69, 9.17) is 9.15 Å². The minimum Gasteiger partial charge on any atom is -0.507 e. The third kappa shape index (κ3) is 4.01. The number of halogens is 1. The smallest absolute Gasteiger partial charge is 0.296 e. The number of carbonyl (C=O) groups is 2. The van der Waals surface area contributed by atoms with Crippen LogP contribution in [0.2, 0.25) is 0 Å². The molecule has 0 saturated carbocycles. The molecule has 1 aliphatic heterocycles. The molecule has 1 aromatic heterocycles. The van der Waals surface area contributed by atoms with Gasteiger partial charge in [0.05, 0.1) is 12.7 Å². The molecule has 0 radical (unpaired) electrons. The van der Waals surface area contributed by atoms with Crippen molar-refractivity contribution in [3.05, 3.63) is 93.4 Å². The Hall–Kier alpha value is -3.32. The molecular formula is C24H20BrNO5. The van der Waals surface area contributed by atoms with Crippen LogP contribution in [0, 0.1) is 6.92 Å². The first-order valence-electron chi connectivity index (χ1n) is 9.62. The second-order valence-corrected chi connectivity index (χ2v) is 8.15. The SMILES string of the molecule is COc1ccc(CN2C(=O)C(=O)/C(=C(\O)c3ccc(Br)cc3)C2c2ccc(C)o2)cc1. The number of hydrogen-bond acceptors (Lipinski definition) is 5. The third-order valence-corrected chi connectivity index (χ3v) is 5.73. The highest BCUT2D eigenvalue weighted by atomic mass is 79.9. The highest BCUT2D eigenvalue weighted by Gasteiger charge is 2.47. The van der Waals surface area contributed by atoms with Crippen molar-refractivity contribution >= 4 is 33.4 Å². The lowest BCUT2D eigenvalue weighted by atomic mass is 9.99. The van der Waals surface area contributed by atoms with Gasteiger partial charge in [0.25, 0.3) is 11.7 Å². The Morgan fingerprint density at radius 3 is 2.32 bits per heavy atom. The molecule has 3 aromatic rings. The summed E-state index contributed by atoms with van der Waals surface area (Å²) in [5, 5.41) is 11.0. The van der Waals surface area contributed by atoms with Gasteiger partial charge in [0.2, 0.25) is 0 Å². The molecule has 6 nitrogen and oxygen atoms in total. The van der Waals surface area contributed by atoms with Gasteiger partial charge in [0.1, 0.15) is 29.1 Å². The van der Waals surface area contributed by atoms with Gasteiger partial charge in [-0.05, 0) is 48.9 Å². The zero-order valence-corrected chi connectivity index (χ0v) is 18.5. The van der Waals surface area contributed by atoms with E-state index in [1.807, 2.05) is 12.1 Å². The van der Waals surface area contributed by atoms with Gasteiger partial charge in [0.15, 0.2) is 0 Å². The Bertz CT molecular complexity index is 1160. The first kappa shape index (κ1) is 20.9. The first-order chi connectivity index (χ1) is 14.9. The van der Waals surface area contributed by atoms with E-state index < -0.39 is 17.7 Å². The predicted octanol–water partition coefficient (Wildman–Crippen LogP) is 4.98. The van der Waals surface area contributed by atoms with Gasteiger partial charge < -0.3 is 19.2 Å². The van der Waals surface area contributed by atoms with E-state index in [1.54, 1.807) is 62.6 Å². The number of benzene rings is 2. The maximum Gasteiger partial charge on any atom is 0.296 e. The number of ketones is 1. The van der Waals surface area contributed by atoms with Crippen molar-refractivity contribution in [3.63, 3.8) is 0 Å². The standard InChI is InChI=1S/C24H20BrNO5/c1-14-3-12-19(31-14)21-20(22(27)16-6-8-17(25)9-7-16)23(28)24(29)26(21)13-15-4-10-18(30-2)11-5-15/h3-12,21,27H,13H2,1-2H3/b22-20-. The molecule has 1 atom stereocenters. The predicted molar refractivity (Wildman–Crippen MR) is 118 cm³/mol. The van der Waals surface area contributed by atoms with Gasteiger partial charge in [0, 0.05) is 16.6 Å². The molecule has 0 aliphatic carbocycles. The number of aliphatic hydroxyl groups is 1. The van der Waals surface area contributed by atoms with E-state index in [-0.39, 0.29) is 17.9 Å². The fourth-order valence-electron chi connectivity index (χ4n) is 3.63. The van der Waals surface area contributed by atoms with Crippen molar-refractivity contribution in [1.82, 2.24) is 4.90 Å². The maximum atomic E-state index is 13.0. The van der Waals surface area contributed by atoms with Crippen LogP contribution in [0.25, 0.3) is 5.76 Å². The Balaban J connectivity index is 1.80. The minimum atomic E-state index is -0.834. The van der Waals surface area contributed by atoms with Crippen LogP contribution in [0.3, 0.4) is 0 Å². The van der Waals surface area contributed by atoms with Crippen LogP contribution in [0.1, 0.15) is 28.7 Å². The van der Waals surface area contributed by atoms with Crippen LogP contribution >= 0.6 is 15.9 Å². The maximum absolute atomic E-state index is 13.0. The quantitative estimate of drug-likeness (QED) is 0.315. The van der Waals surface area contributed by atoms with Crippen LogP contribution in [-0.4, -0.2) is 28.8 Å². The lowest BCUT2D eigenvalue weighted by molar-refractivity contribution is -0.140. The summed E-state index contributed by atoms with van der Waals surface area (Å²) in [5.41, 5.74) is 1.27. The van der Waals surface area contributed by atoms with E-state index in [0.717, 1.165) is 10.0 Å². The third-order valence-electron chi connectivity index (χ3n) is 5.20. The van der Waals surface area contributed by atoms with Crippen LogP contribution in [0.4, 0.5) is 0 Å². The van der Waals surface area contributed by atoms with Crippen LogP contribution in [-0.2, 0) is 16.1 Å². The van der Waals surface area contributed by atoms with Gasteiger partial charge in [-0.25, -0.2) is 0 Å². The lowest BCUT2D eigenvalue weighted by Gasteiger charge is -2.23. The second kappa shape index (κ2) is 8.43. The summed E-state index contributed by atoms with van der Waals surface area (Å²) < 4.78 is 11.8. The number of rotatable bonds is 5. The van der Waals surface area contributed by atoms with Crippen molar-refractivity contribution < 1.29 is 23.8 Å². The summed E-state index contributed by atoms with van der Waals surface area (Å²) in [6.07, 6.45) is 0. The molecule has 7 heteroatoms. The number of methoxy groups -OCH3 is 1. The Morgan fingerprint density at radius 2 is 1.74 bits per heavy atom. The number of likely N-dealkylation sites (tertiary alicyclic amines) is 1. The van der Waals surface area contributed by atoms with Crippen LogP contribution < -0.4 is 4.74 Å². The number of ether oxygens (including phenoxy) is 1. The van der Waals surface area contributed by atoms with E-state index in [9.17, 15) is 14.7 Å². The Kier molecular flexibility index (Phi) is 5.69. The van der Waals surface area contributed by atoms with Gasteiger partial charge >= 0.3 is 0 Å². The number of nitrogens with zero attached hydrogens (tertiary/aromatic N) is 1. The number of amides is 1. The number of aliphatic hydroxyl groups excluding tert-OH is 1. The summed E-state index contributed by atoms with van der Waals surface area (Å²) in [6.45, 7) is 1.96. The molecule has 1 amide bonds. The molecule has 2 heterocycles. The normalized spacial score (nSPS) is 17.9. The average Bonchev–Trinajstić information content (AvgIpc) is 3.30. The number of furan rings is 1. The Labute approximate surface area is 187 Å². The molecule has 0 spiro atoms. The molecule has 2 aromatic carbocycles. The van der Waals surface area contributed by atoms with Crippen molar-refractivity contribution in [1.29, 1.82) is 0 Å². The van der Waals surface area contributed by atoms with Crippen molar-refractivity contribution in [3.8, 4) is 5.75 Å². The van der Waals surface area contributed by atoms with Crippen LogP contribution in [0.15, 0.2) is 75.1 Å². The highest BCUT2D eigenvalue weighted by molar-refractivity contribution is 9.10. The number of aryl methyl sites for hydroxylation is 1. The second-order valence-electron chi connectivity index (χ2n) is 7.23. The van der Waals surface area contributed by atoms with Crippen molar-refractivity contribution in [2.75, 3.05) is 7.11 Å². The number of hydrogen-bond donors (Lipinski definition) is 1. The first-order valence-corrected chi connectivity index (χ1v) is 10.4. The average molecular weight is 482 g/mol. The molecule has 1 fully saturated rings. The largest absolute Gasteiger partial charge is 0.507 e. The molecular weight excluding hydrogens is 462 g/mol. The number of Topliss-reactive ketones (excluding diaryl/α,β-unsaturated/α-hetero) is 1. The molecule has 1 unspecified atom stereocenters. The van der Waals surface area contributed by atoms with Gasteiger partial charge in [-0.1, -0.05) is 40.2 Å². The molecule has 158 valence electrons. The minimum absolute atomic E-state index is 0.00943. The molecule has 31 heavy (non-hydrogen) atoms. The highest BCUT2D eigenvalue weighted by Crippen LogP contribution is 2.41. The molecule has 4 rings (SSSR count). The summed E-state index contributed by atoms with van der Waals surface area (Å²) in [5.74, 6) is 0.0976. The fourth-order valence-corrected chi connectivity index (χ4v) is 3.89. The molecule has 1 aliphatic rings. The fraction of sp³-hybridized carbons (Fsp3) is 0.167. The van der Waals surface area contributed by atoms with E-state index in [1.165, 1.54) is 4.90 Å². The van der Waals surface area contributed by atoms with Gasteiger partial charge in [-0.15, -0.1) is 0 Å². The monoisotopic (exact) mass is 481 g/mol. The topological polar surface area (TPSA) is 80.0 Å². The van der Waals surface area contributed by atoms with E-state index >= 15 is 0 Å². The van der Waals surface area contributed by atoms with Gasteiger partial charge in [-0.2, -0.15) is 0 Å². The molecule has 1 N–H and O–H groups in total. The van der Waals surface area contributed by atoms with Gasteiger partial charge in [-0.3, -0.25) is 9.59 Å². The van der Waals surface area contributed by atoms with Crippen molar-refractivity contribution in [2.24, 2.45) is 0 Å². The zero-order valence-electron chi connectivity index (χ0n) is 17.0. The van der Waals surface area contributed by atoms with E-state index in [0.29, 0.717) is 22.8 Å². The molecule has 1 saturated heterocycles. The van der Waals surface area contributed by atoms with Crippen molar-refractivity contribution in [2.45, 2.75) is 19.5 Å². The summed E-state index contributed by atoms with van der Waals surface area (Å²) >= 11 is 3.36. The lowest BCUT2D eigenvalue weighted by Crippen LogP contribution is -2.29. The molecule has 0 bridgehead atoms. The Morgan fingerprint density at radius 1 is 1.06 bits per heavy atom. The number of carbonyl (C=O) groups excluding carboxylic acids is 2. The summed E-state index contributed by atoms with van der Waals surface area (Å²) in [7, 11) is 1.58. The summed E-state index contributed by atoms with van der Waals surface area (Å²) in [4.78, 5) is 27.4. The van der Waals surface area contributed by atoms with Crippen LogP contribution in [0.5, 0.6) is 5.75 Å². The zero-order chi connectivity index (χ0) is 22.1. The summed E-state index contributed by atoms with van der Waals surface area (Å²) in [6, 6.07) is 16.8.